The van der Waals surface area contributed by atoms with Crippen molar-refractivity contribution in [2.75, 3.05) is 27.2 Å². The molecule has 0 spiro atoms. The average Bonchev–Trinajstić information content (AvgIpc) is 2.73. The van der Waals surface area contributed by atoms with Crippen molar-refractivity contribution < 1.29 is 4.74 Å². The molecule has 1 heterocycles. The molecule has 0 radical (unpaired) electrons. The van der Waals surface area contributed by atoms with Crippen molar-refractivity contribution in [3.05, 3.63) is 11.9 Å². The van der Waals surface area contributed by atoms with E-state index in [9.17, 15) is 0 Å². The molecule has 1 aromatic heterocycles. The van der Waals surface area contributed by atoms with Gasteiger partial charge in [0.1, 0.15) is 0 Å². The first-order valence-corrected chi connectivity index (χ1v) is 6.92. The molecular weight excluding hydrogens is 240 g/mol. The highest BCUT2D eigenvalue weighted by Gasteiger charge is 2.37. The summed E-state index contributed by atoms with van der Waals surface area (Å²) < 4.78 is 7.34. The molecule has 0 aliphatic heterocycles. The average molecular weight is 268 g/mol. The highest BCUT2D eigenvalue weighted by Crippen LogP contribution is 2.35. The Bertz CT molecular complexity index is 396. The van der Waals surface area contributed by atoms with Crippen LogP contribution in [0, 0.1) is 0 Å². The van der Waals surface area contributed by atoms with Gasteiger partial charge in [-0.3, -0.25) is 9.58 Å². The molecule has 0 aliphatic rings. The van der Waals surface area contributed by atoms with E-state index >= 15 is 0 Å². The van der Waals surface area contributed by atoms with E-state index < -0.39 is 0 Å². The van der Waals surface area contributed by atoms with Crippen LogP contribution in [-0.4, -0.2) is 47.5 Å². The van der Waals surface area contributed by atoms with Gasteiger partial charge in [0, 0.05) is 12.6 Å². The Morgan fingerprint density at radius 1 is 1.42 bits per heavy atom. The maximum atomic E-state index is 5.45. The normalized spacial score (nSPS) is 13.9. The molecule has 0 bridgehead atoms. The quantitative estimate of drug-likeness (QED) is 0.819. The van der Waals surface area contributed by atoms with Gasteiger partial charge in [-0.25, -0.2) is 0 Å². The van der Waals surface area contributed by atoms with Crippen LogP contribution in [0.3, 0.4) is 0 Å². The number of nitrogens with one attached hydrogen (secondary N) is 1. The van der Waals surface area contributed by atoms with Crippen LogP contribution in [0.5, 0.6) is 5.75 Å². The highest BCUT2D eigenvalue weighted by molar-refractivity contribution is 5.30. The molecule has 1 atom stereocenters. The monoisotopic (exact) mass is 268 g/mol. The van der Waals surface area contributed by atoms with E-state index in [1.165, 1.54) is 0 Å². The van der Waals surface area contributed by atoms with Crippen molar-refractivity contribution in [2.24, 2.45) is 7.05 Å². The molecule has 1 aromatic rings. The fourth-order valence-electron chi connectivity index (χ4n) is 2.96. The molecule has 1 rings (SSSR count). The van der Waals surface area contributed by atoms with Crippen molar-refractivity contribution in [3.63, 3.8) is 0 Å². The Balaban J connectivity index is 3.22. The minimum absolute atomic E-state index is 0.0284. The molecule has 19 heavy (non-hydrogen) atoms. The van der Waals surface area contributed by atoms with Gasteiger partial charge in [0.25, 0.3) is 0 Å². The van der Waals surface area contributed by atoms with Crippen LogP contribution in [0.15, 0.2) is 6.20 Å². The number of aromatic nitrogens is 2. The predicted molar refractivity (Wildman–Crippen MR) is 78.6 cm³/mol. The molecule has 0 saturated heterocycles. The first kappa shape index (κ1) is 16.0. The number of nitrogens with zero attached hydrogens (tertiary/aromatic N) is 3. The Hall–Kier alpha value is -1.07. The van der Waals surface area contributed by atoms with Gasteiger partial charge in [-0.1, -0.05) is 13.8 Å². The van der Waals surface area contributed by atoms with E-state index in [4.69, 9.17) is 4.74 Å². The van der Waals surface area contributed by atoms with Gasteiger partial charge in [0.15, 0.2) is 5.75 Å². The van der Waals surface area contributed by atoms with Gasteiger partial charge in [-0.2, -0.15) is 5.10 Å². The molecule has 5 heteroatoms. The molecule has 0 saturated carbocycles. The van der Waals surface area contributed by atoms with Crippen LogP contribution in [0.1, 0.15) is 39.4 Å². The molecule has 1 N–H and O–H groups in total. The minimum atomic E-state index is -0.0284. The van der Waals surface area contributed by atoms with Crippen LogP contribution in [0.25, 0.3) is 0 Å². The maximum absolute atomic E-state index is 5.45. The van der Waals surface area contributed by atoms with Crippen molar-refractivity contribution in [1.82, 2.24) is 20.0 Å². The summed E-state index contributed by atoms with van der Waals surface area (Å²) in [5.41, 5.74) is 1.06. The number of ether oxygens (including phenoxy) is 1. The minimum Gasteiger partial charge on any atom is -0.493 e. The predicted octanol–water partition coefficient (Wildman–Crippen LogP) is 1.81. The summed E-state index contributed by atoms with van der Waals surface area (Å²) in [5, 5.41) is 7.74. The number of likely N-dealkylation sites (N-methyl/N-ethyl adjacent to an activating group) is 2. The maximum Gasteiger partial charge on any atom is 0.161 e. The van der Waals surface area contributed by atoms with Crippen molar-refractivity contribution in [2.45, 2.75) is 39.3 Å². The zero-order chi connectivity index (χ0) is 14.6. The third-order valence-corrected chi connectivity index (χ3v) is 4.02. The van der Waals surface area contributed by atoms with Gasteiger partial charge in [0.2, 0.25) is 0 Å². The molecule has 110 valence electrons. The van der Waals surface area contributed by atoms with Gasteiger partial charge in [-0.15, -0.1) is 0 Å². The lowest BCUT2D eigenvalue weighted by atomic mass is 9.89. The van der Waals surface area contributed by atoms with Crippen molar-refractivity contribution in [1.29, 1.82) is 0 Å². The number of methoxy groups -OCH3 is 1. The van der Waals surface area contributed by atoms with E-state index in [0.717, 1.165) is 24.5 Å². The summed E-state index contributed by atoms with van der Waals surface area (Å²) in [6, 6.07) is 0.148. The molecular formula is C14H28N4O. The van der Waals surface area contributed by atoms with Crippen LogP contribution in [0.2, 0.25) is 0 Å². The van der Waals surface area contributed by atoms with Gasteiger partial charge in [-0.05, 0) is 34.0 Å². The summed E-state index contributed by atoms with van der Waals surface area (Å²) >= 11 is 0. The lowest BCUT2D eigenvalue weighted by molar-refractivity contribution is 0.0900. The largest absolute Gasteiger partial charge is 0.493 e. The Labute approximate surface area is 116 Å². The summed E-state index contributed by atoms with van der Waals surface area (Å²) in [5.74, 6) is 0.835. The molecule has 1 unspecified atom stereocenters. The SMILES string of the molecule is CCN(CC)C(C)(C)C(NC)c1c(OC)cnn1C. The number of aryl methyl sites for hydroxylation is 1. The summed E-state index contributed by atoms with van der Waals surface area (Å²) in [4.78, 5) is 2.45. The third kappa shape index (κ3) is 2.92. The van der Waals surface area contributed by atoms with E-state index in [1.54, 1.807) is 13.3 Å². The van der Waals surface area contributed by atoms with Crippen molar-refractivity contribution >= 4 is 0 Å². The number of rotatable bonds is 7. The Morgan fingerprint density at radius 2 is 2.00 bits per heavy atom. The number of hydrogen-bond donors (Lipinski definition) is 1. The van der Waals surface area contributed by atoms with Crippen LogP contribution >= 0.6 is 0 Å². The first-order chi connectivity index (χ1) is 8.93. The number of hydrogen-bond acceptors (Lipinski definition) is 4. The molecule has 0 aliphatic carbocycles. The van der Waals surface area contributed by atoms with E-state index in [0.29, 0.717) is 0 Å². The van der Waals surface area contributed by atoms with Gasteiger partial charge >= 0.3 is 0 Å². The van der Waals surface area contributed by atoms with Crippen molar-refractivity contribution in [3.8, 4) is 5.75 Å². The molecule has 0 aromatic carbocycles. The second kappa shape index (κ2) is 6.39. The summed E-state index contributed by atoms with van der Waals surface area (Å²) in [6.45, 7) is 10.9. The van der Waals surface area contributed by atoms with E-state index in [1.807, 2.05) is 18.8 Å². The zero-order valence-electron chi connectivity index (χ0n) is 13.3. The fourth-order valence-corrected chi connectivity index (χ4v) is 2.96. The molecule has 0 amide bonds. The summed E-state index contributed by atoms with van der Waals surface area (Å²) in [6.07, 6.45) is 1.78. The fraction of sp³-hybridized carbons (Fsp3) is 0.786. The van der Waals surface area contributed by atoms with E-state index in [2.05, 4.69) is 43.0 Å². The lowest BCUT2D eigenvalue weighted by Gasteiger charge is -2.43. The molecule has 0 fully saturated rings. The lowest BCUT2D eigenvalue weighted by Crippen LogP contribution is -2.52. The Kier molecular flexibility index (Phi) is 5.38. The second-order valence-corrected chi connectivity index (χ2v) is 5.27. The second-order valence-electron chi connectivity index (χ2n) is 5.27. The zero-order valence-corrected chi connectivity index (χ0v) is 13.3. The van der Waals surface area contributed by atoms with Gasteiger partial charge in [0.05, 0.1) is 25.0 Å². The van der Waals surface area contributed by atoms with Crippen LogP contribution in [0.4, 0.5) is 0 Å². The van der Waals surface area contributed by atoms with Crippen LogP contribution < -0.4 is 10.1 Å². The Morgan fingerprint density at radius 3 is 2.42 bits per heavy atom. The topological polar surface area (TPSA) is 42.3 Å². The van der Waals surface area contributed by atoms with E-state index in [-0.39, 0.29) is 11.6 Å². The third-order valence-electron chi connectivity index (χ3n) is 4.02. The highest BCUT2D eigenvalue weighted by atomic mass is 16.5. The van der Waals surface area contributed by atoms with Gasteiger partial charge < -0.3 is 10.1 Å². The smallest absolute Gasteiger partial charge is 0.161 e. The first-order valence-electron chi connectivity index (χ1n) is 6.92. The molecule has 5 nitrogen and oxygen atoms in total. The van der Waals surface area contributed by atoms with Crippen LogP contribution in [-0.2, 0) is 7.05 Å². The standard InChI is InChI=1S/C14H28N4O/c1-8-18(9-2)14(3,4)13(15-5)12-11(19-7)10-16-17(12)6/h10,13,15H,8-9H2,1-7H3. The summed E-state index contributed by atoms with van der Waals surface area (Å²) in [7, 11) is 5.64.